The summed E-state index contributed by atoms with van der Waals surface area (Å²) in [6, 6.07) is 8.46. The standard InChI is InChI=1S/C19H15N5O4/c20-9-12-10-22-15-8-17(28-18-4-2-6-27-18)16(24(25)26)7-14(15)19(12)23-13-3-1-5-21-11-13/h1,3,5,7-8,10-11,18H,2,4,6H2,(H,22,23). The van der Waals surface area contributed by atoms with Crippen LogP contribution in [-0.4, -0.2) is 27.8 Å². The fourth-order valence-electron chi connectivity index (χ4n) is 3.03. The molecule has 1 saturated heterocycles. The van der Waals surface area contributed by atoms with Crippen molar-refractivity contribution in [1.82, 2.24) is 9.97 Å². The van der Waals surface area contributed by atoms with Crippen LogP contribution in [0.2, 0.25) is 0 Å². The highest BCUT2D eigenvalue weighted by atomic mass is 16.7. The Bertz CT molecular complexity index is 1080. The van der Waals surface area contributed by atoms with Gasteiger partial charge in [-0.1, -0.05) is 0 Å². The number of nitrogens with zero attached hydrogens (tertiary/aromatic N) is 4. The molecule has 140 valence electrons. The van der Waals surface area contributed by atoms with Gasteiger partial charge in [0.15, 0.2) is 6.29 Å². The van der Waals surface area contributed by atoms with Crippen LogP contribution in [0.25, 0.3) is 10.9 Å². The molecule has 4 rings (SSSR count). The lowest BCUT2D eigenvalue weighted by Crippen LogP contribution is -2.15. The van der Waals surface area contributed by atoms with E-state index < -0.39 is 11.2 Å². The van der Waals surface area contributed by atoms with Gasteiger partial charge in [0.05, 0.1) is 40.2 Å². The fraction of sp³-hybridized carbons (Fsp3) is 0.211. The predicted molar refractivity (Wildman–Crippen MR) is 100 cm³/mol. The van der Waals surface area contributed by atoms with Crippen molar-refractivity contribution in [2.24, 2.45) is 0 Å². The van der Waals surface area contributed by atoms with Crippen LogP contribution in [0.4, 0.5) is 17.1 Å². The summed E-state index contributed by atoms with van der Waals surface area (Å²) in [6.07, 6.45) is 5.64. The van der Waals surface area contributed by atoms with E-state index in [4.69, 9.17) is 9.47 Å². The summed E-state index contributed by atoms with van der Waals surface area (Å²) in [6.45, 7) is 0.564. The number of aromatic nitrogens is 2. The maximum absolute atomic E-state index is 11.6. The molecule has 0 spiro atoms. The van der Waals surface area contributed by atoms with Gasteiger partial charge < -0.3 is 14.8 Å². The number of pyridine rings is 2. The molecule has 0 radical (unpaired) electrons. The minimum absolute atomic E-state index is 0.0916. The zero-order valence-corrected chi connectivity index (χ0v) is 14.7. The van der Waals surface area contributed by atoms with Gasteiger partial charge in [-0.25, -0.2) is 0 Å². The summed E-state index contributed by atoms with van der Waals surface area (Å²) >= 11 is 0. The molecular weight excluding hydrogens is 362 g/mol. The highest BCUT2D eigenvalue weighted by molar-refractivity contribution is 5.98. The lowest BCUT2D eigenvalue weighted by atomic mass is 10.1. The number of fused-ring (bicyclic) bond motifs is 1. The molecule has 0 saturated carbocycles. The molecule has 28 heavy (non-hydrogen) atoms. The van der Waals surface area contributed by atoms with Crippen LogP contribution < -0.4 is 10.1 Å². The molecule has 0 aliphatic carbocycles. The van der Waals surface area contributed by atoms with Gasteiger partial charge in [-0.2, -0.15) is 5.26 Å². The second kappa shape index (κ2) is 7.46. The van der Waals surface area contributed by atoms with Gasteiger partial charge in [-0.15, -0.1) is 0 Å². The van der Waals surface area contributed by atoms with Gasteiger partial charge in [0, 0.05) is 36.3 Å². The van der Waals surface area contributed by atoms with Crippen LogP contribution in [0.15, 0.2) is 42.9 Å². The summed E-state index contributed by atoms with van der Waals surface area (Å²) in [5, 5.41) is 24.6. The van der Waals surface area contributed by atoms with E-state index in [0.29, 0.717) is 35.3 Å². The number of nitriles is 1. The molecule has 1 aliphatic heterocycles. The van der Waals surface area contributed by atoms with E-state index in [1.807, 2.05) is 0 Å². The molecule has 3 aromatic rings. The topological polar surface area (TPSA) is 123 Å². The van der Waals surface area contributed by atoms with Gasteiger partial charge in [0.2, 0.25) is 5.75 Å². The van der Waals surface area contributed by atoms with E-state index in [1.54, 1.807) is 24.5 Å². The summed E-state index contributed by atoms with van der Waals surface area (Å²) in [5.41, 5.74) is 1.58. The summed E-state index contributed by atoms with van der Waals surface area (Å²) in [5.74, 6) is 0.0916. The van der Waals surface area contributed by atoms with Crippen LogP contribution in [0.1, 0.15) is 18.4 Å². The summed E-state index contributed by atoms with van der Waals surface area (Å²) in [4.78, 5) is 19.4. The van der Waals surface area contributed by atoms with Crippen LogP contribution in [0.5, 0.6) is 5.75 Å². The first kappa shape index (κ1) is 17.6. The Balaban J connectivity index is 1.84. The fourth-order valence-corrected chi connectivity index (χ4v) is 3.03. The molecule has 9 nitrogen and oxygen atoms in total. The SMILES string of the molecule is N#Cc1cnc2cc(OC3CCCO3)c([N+](=O)[O-])cc2c1Nc1cccnc1. The average Bonchev–Trinajstić information content (AvgIpc) is 3.21. The lowest BCUT2D eigenvalue weighted by molar-refractivity contribution is -0.386. The third kappa shape index (κ3) is 3.41. The maximum Gasteiger partial charge on any atom is 0.311 e. The van der Waals surface area contributed by atoms with Crippen LogP contribution >= 0.6 is 0 Å². The normalized spacial score (nSPS) is 15.9. The number of nitro benzene ring substituents is 1. The number of anilines is 2. The molecule has 3 heterocycles. The van der Waals surface area contributed by atoms with Gasteiger partial charge in [-0.05, 0) is 18.6 Å². The van der Waals surface area contributed by atoms with E-state index in [0.717, 1.165) is 6.42 Å². The smallest absolute Gasteiger partial charge is 0.311 e. The van der Waals surface area contributed by atoms with Crippen molar-refractivity contribution in [2.75, 3.05) is 11.9 Å². The first-order valence-electron chi connectivity index (χ1n) is 8.62. The van der Waals surface area contributed by atoms with Gasteiger partial charge in [-0.3, -0.25) is 20.1 Å². The van der Waals surface area contributed by atoms with E-state index in [2.05, 4.69) is 21.4 Å². The molecule has 2 aromatic heterocycles. The quantitative estimate of drug-likeness (QED) is 0.528. The second-order valence-electron chi connectivity index (χ2n) is 6.18. The number of hydrogen-bond acceptors (Lipinski definition) is 8. The molecular formula is C19H15N5O4. The largest absolute Gasteiger partial charge is 0.458 e. The number of nitrogens with one attached hydrogen (secondary N) is 1. The summed E-state index contributed by atoms with van der Waals surface area (Å²) in [7, 11) is 0. The van der Waals surface area contributed by atoms with Crippen molar-refractivity contribution < 1.29 is 14.4 Å². The number of hydrogen-bond donors (Lipinski definition) is 1. The lowest BCUT2D eigenvalue weighted by Gasteiger charge is -2.15. The highest BCUT2D eigenvalue weighted by Gasteiger charge is 2.25. The maximum atomic E-state index is 11.6. The van der Waals surface area contributed by atoms with Crippen molar-refractivity contribution in [3.05, 3.63) is 58.5 Å². The zero-order chi connectivity index (χ0) is 19.5. The Morgan fingerprint density at radius 1 is 1.39 bits per heavy atom. The Morgan fingerprint density at radius 2 is 2.29 bits per heavy atom. The van der Waals surface area contributed by atoms with E-state index in [9.17, 15) is 15.4 Å². The predicted octanol–water partition coefficient (Wildman–Crippen LogP) is 3.67. The Hall–Kier alpha value is -3.77. The minimum Gasteiger partial charge on any atom is -0.458 e. The Morgan fingerprint density at radius 3 is 2.96 bits per heavy atom. The molecule has 9 heteroatoms. The average molecular weight is 377 g/mol. The van der Waals surface area contributed by atoms with Gasteiger partial charge >= 0.3 is 5.69 Å². The molecule has 1 unspecified atom stereocenters. The van der Waals surface area contributed by atoms with Crippen molar-refractivity contribution in [1.29, 1.82) is 5.26 Å². The van der Waals surface area contributed by atoms with Crippen LogP contribution in [0.3, 0.4) is 0 Å². The van der Waals surface area contributed by atoms with E-state index in [1.165, 1.54) is 18.3 Å². The molecule has 1 atom stereocenters. The number of ether oxygens (including phenoxy) is 2. The number of nitro groups is 1. The molecule has 1 aliphatic rings. The third-order valence-corrected chi connectivity index (χ3v) is 4.34. The van der Waals surface area contributed by atoms with Gasteiger partial charge in [0.1, 0.15) is 6.07 Å². The first-order valence-corrected chi connectivity index (χ1v) is 8.62. The van der Waals surface area contributed by atoms with Crippen molar-refractivity contribution in [3.63, 3.8) is 0 Å². The van der Waals surface area contributed by atoms with E-state index >= 15 is 0 Å². The van der Waals surface area contributed by atoms with Crippen molar-refractivity contribution in [3.8, 4) is 11.8 Å². The zero-order valence-electron chi connectivity index (χ0n) is 14.7. The van der Waals surface area contributed by atoms with Crippen LogP contribution in [-0.2, 0) is 4.74 Å². The monoisotopic (exact) mass is 377 g/mol. The number of rotatable bonds is 5. The minimum atomic E-state index is -0.517. The molecule has 0 bridgehead atoms. The van der Waals surface area contributed by atoms with Crippen molar-refractivity contribution in [2.45, 2.75) is 19.1 Å². The number of benzene rings is 1. The van der Waals surface area contributed by atoms with Crippen LogP contribution in [0, 0.1) is 21.4 Å². The molecule has 1 N–H and O–H groups in total. The van der Waals surface area contributed by atoms with E-state index in [-0.39, 0.29) is 17.0 Å². The molecule has 0 amide bonds. The summed E-state index contributed by atoms with van der Waals surface area (Å²) < 4.78 is 11.1. The third-order valence-electron chi connectivity index (χ3n) is 4.34. The Labute approximate surface area is 159 Å². The Kier molecular flexibility index (Phi) is 4.70. The molecule has 1 aromatic carbocycles. The van der Waals surface area contributed by atoms with Crippen molar-refractivity contribution >= 4 is 28.0 Å². The first-order chi connectivity index (χ1) is 13.7. The second-order valence-corrected chi connectivity index (χ2v) is 6.18. The van der Waals surface area contributed by atoms with Gasteiger partial charge in [0.25, 0.3) is 0 Å². The molecule has 1 fully saturated rings. The highest BCUT2D eigenvalue weighted by Crippen LogP contribution is 2.38.